The maximum atomic E-state index is 6.34. The van der Waals surface area contributed by atoms with Crippen molar-refractivity contribution in [1.29, 1.82) is 0 Å². The SMILES string of the molecule is CCCOc1ccc(C(N)c2cc(Cl)ccc2C)cc1. The minimum absolute atomic E-state index is 0.172. The van der Waals surface area contributed by atoms with E-state index in [4.69, 9.17) is 22.1 Å². The fourth-order valence-electron chi connectivity index (χ4n) is 2.12. The third-order valence-corrected chi connectivity index (χ3v) is 3.52. The van der Waals surface area contributed by atoms with E-state index in [-0.39, 0.29) is 6.04 Å². The van der Waals surface area contributed by atoms with Gasteiger partial charge in [0.15, 0.2) is 0 Å². The predicted molar refractivity (Wildman–Crippen MR) is 84.4 cm³/mol. The molecule has 0 aliphatic carbocycles. The summed E-state index contributed by atoms with van der Waals surface area (Å²) in [5.74, 6) is 0.880. The van der Waals surface area contributed by atoms with Gasteiger partial charge in [-0.2, -0.15) is 0 Å². The van der Waals surface area contributed by atoms with Crippen molar-refractivity contribution in [1.82, 2.24) is 0 Å². The van der Waals surface area contributed by atoms with Crippen molar-refractivity contribution < 1.29 is 4.74 Å². The van der Waals surface area contributed by atoms with Gasteiger partial charge in [0, 0.05) is 5.02 Å². The molecule has 0 radical (unpaired) electrons. The highest BCUT2D eigenvalue weighted by Crippen LogP contribution is 2.26. The number of rotatable bonds is 5. The van der Waals surface area contributed by atoms with Crippen LogP contribution in [0.15, 0.2) is 42.5 Å². The van der Waals surface area contributed by atoms with Crippen LogP contribution in [-0.4, -0.2) is 6.61 Å². The van der Waals surface area contributed by atoms with Gasteiger partial charge in [0.25, 0.3) is 0 Å². The highest BCUT2D eigenvalue weighted by atomic mass is 35.5. The van der Waals surface area contributed by atoms with Crippen LogP contribution < -0.4 is 10.5 Å². The Kier molecular flexibility index (Phi) is 5.05. The van der Waals surface area contributed by atoms with Crippen LogP contribution in [0.1, 0.15) is 36.1 Å². The second-order valence-corrected chi connectivity index (χ2v) is 5.33. The van der Waals surface area contributed by atoms with Gasteiger partial charge >= 0.3 is 0 Å². The van der Waals surface area contributed by atoms with E-state index in [9.17, 15) is 0 Å². The summed E-state index contributed by atoms with van der Waals surface area (Å²) in [7, 11) is 0. The summed E-state index contributed by atoms with van der Waals surface area (Å²) in [6, 6.07) is 13.6. The Balaban J connectivity index is 2.20. The highest BCUT2D eigenvalue weighted by Gasteiger charge is 2.12. The van der Waals surface area contributed by atoms with Crippen molar-refractivity contribution in [3.8, 4) is 5.75 Å². The quantitative estimate of drug-likeness (QED) is 0.880. The molecule has 0 saturated carbocycles. The van der Waals surface area contributed by atoms with E-state index in [0.29, 0.717) is 5.02 Å². The Morgan fingerprint density at radius 3 is 2.50 bits per heavy atom. The Morgan fingerprint density at radius 2 is 1.85 bits per heavy atom. The first-order chi connectivity index (χ1) is 9.61. The van der Waals surface area contributed by atoms with Crippen molar-refractivity contribution in [2.75, 3.05) is 6.61 Å². The Morgan fingerprint density at radius 1 is 1.15 bits per heavy atom. The molecular weight excluding hydrogens is 270 g/mol. The molecule has 2 N–H and O–H groups in total. The summed E-state index contributed by atoms with van der Waals surface area (Å²) in [6.07, 6.45) is 1.00. The molecule has 3 heteroatoms. The first-order valence-electron chi connectivity index (χ1n) is 6.86. The van der Waals surface area contributed by atoms with Gasteiger partial charge < -0.3 is 10.5 Å². The van der Waals surface area contributed by atoms with Gasteiger partial charge in [-0.25, -0.2) is 0 Å². The van der Waals surface area contributed by atoms with Gasteiger partial charge in [0.1, 0.15) is 5.75 Å². The molecule has 0 saturated heterocycles. The van der Waals surface area contributed by atoms with Crippen LogP contribution in [-0.2, 0) is 0 Å². The summed E-state index contributed by atoms with van der Waals surface area (Å²) >= 11 is 6.06. The molecule has 2 aromatic rings. The third kappa shape index (κ3) is 3.53. The van der Waals surface area contributed by atoms with Gasteiger partial charge in [-0.15, -0.1) is 0 Å². The van der Waals surface area contributed by atoms with Crippen LogP contribution in [0, 0.1) is 6.92 Å². The van der Waals surface area contributed by atoms with E-state index in [0.717, 1.165) is 35.5 Å². The lowest BCUT2D eigenvalue weighted by molar-refractivity contribution is 0.317. The van der Waals surface area contributed by atoms with E-state index in [1.165, 1.54) is 0 Å². The normalized spacial score (nSPS) is 12.2. The molecule has 1 unspecified atom stereocenters. The zero-order valence-electron chi connectivity index (χ0n) is 11.9. The molecule has 2 nitrogen and oxygen atoms in total. The van der Waals surface area contributed by atoms with E-state index in [2.05, 4.69) is 6.92 Å². The van der Waals surface area contributed by atoms with Gasteiger partial charge in [0.05, 0.1) is 12.6 Å². The zero-order valence-corrected chi connectivity index (χ0v) is 12.7. The fraction of sp³-hybridized carbons (Fsp3) is 0.294. The van der Waals surface area contributed by atoms with E-state index in [1.54, 1.807) is 0 Å². The van der Waals surface area contributed by atoms with Crippen molar-refractivity contribution in [3.63, 3.8) is 0 Å². The Labute approximate surface area is 125 Å². The Hall–Kier alpha value is -1.51. The predicted octanol–water partition coefficient (Wildman–Crippen LogP) is 4.49. The molecule has 2 rings (SSSR count). The standard InChI is InChI=1S/C17H20ClNO/c1-3-10-20-15-8-5-13(6-9-15)17(19)16-11-14(18)7-4-12(16)2/h4-9,11,17H,3,10,19H2,1-2H3. The molecule has 20 heavy (non-hydrogen) atoms. The number of ether oxygens (including phenoxy) is 1. The maximum Gasteiger partial charge on any atom is 0.119 e. The number of benzene rings is 2. The lowest BCUT2D eigenvalue weighted by Crippen LogP contribution is -2.13. The highest BCUT2D eigenvalue weighted by molar-refractivity contribution is 6.30. The van der Waals surface area contributed by atoms with E-state index < -0.39 is 0 Å². The number of hydrogen-bond acceptors (Lipinski definition) is 2. The first-order valence-corrected chi connectivity index (χ1v) is 7.24. The number of hydrogen-bond donors (Lipinski definition) is 1. The number of nitrogens with two attached hydrogens (primary N) is 1. The van der Waals surface area contributed by atoms with Crippen molar-refractivity contribution >= 4 is 11.6 Å². The minimum Gasteiger partial charge on any atom is -0.494 e. The molecule has 0 bridgehead atoms. The van der Waals surface area contributed by atoms with Crippen molar-refractivity contribution in [2.45, 2.75) is 26.3 Å². The van der Waals surface area contributed by atoms with Crippen molar-refractivity contribution in [3.05, 3.63) is 64.2 Å². The van der Waals surface area contributed by atoms with Gasteiger partial charge in [0.2, 0.25) is 0 Å². The smallest absolute Gasteiger partial charge is 0.119 e. The molecule has 1 atom stereocenters. The van der Waals surface area contributed by atoms with Gasteiger partial charge in [-0.3, -0.25) is 0 Å². The lowest BCUT2D eigenvalue weighted by atomic mass is 9.96. The van der Waals surface area contributed by atoms with E-state index >= 15 is 0 Å². The second kappa shape index (κ2) is 6.78. The Bertz CT molecular complexity index is 566. The summed E-state index contributed by atoms with van der Waals surface area (Å²) in [4.78, 5) is 0. The maximum absolute atomic E-state index is 6.34. The third-order valence-electron chi connectivity index (χ3n) is 3.29. The average molecular weight is 290 g/mol. The number of halogens is 1. The molecule has 0 aliphatic rings. The summed E-state index contributed by atoms with van der Waals surface area (Å²) in [5, 5.41) is 0.712. The monoisotopic (exact) mass is 289 g/mol. The largest absolute Gasteiger partial charge is 0.494 e. The molecule has 0 fully saturated rings. The molecule has 0 amide bonds. The summed E-state index contributed by atoms with van der Waals surface area (Å²) in [6.45, 7) is 4.87. The average Bonchev–Trinajstić information content (AvgIpc) is 2.47. The van der Waals surface area contributed by atoms with Crippen LogP contribution in [0.4, 0.5) is 0 Å². The van der Waals surface area contributed by atoms with Crippen molar-refractivity contribution in [2.24, 2.45) is 5.73 Å². The van der Waals surface area contributed by atoms with Crippen LogP contribution >= 0.6 is 11.6 Å². The zero-order chi connectivity index (χ0) is 14.5. The molecule has 106 valence electrons. The second-order valence-electron chi connectivity index (χ2n) is 4.90. The molecule has 2 aromatic carbocycles. The van der Waals surface area contributed by atoms with Crippen LogP contribution in [0.25, 0.3) is 0 Å². The summed E-state index contributed by atoms with van der Waals surface area (Å²) in [5.41, 5.74) is 9.59. The topological polar surface area (TPSA) is 35.2 Å². The van der Waals surface area contributed by atoms with Gasteiger partial charge in [-0.05, 0) is 54.3 Å². The minimum atomic E-state index is -0.172. The molecule has 0 heterocycles. The van der Waals surface area contributed by atoms with E-state index in [1.807, 2.05) is 49.4 Å². The van der Waals surface area contributed by atoms with Crippen LogP contribution in [0.5, 0.6) is 5.75 Å². The molecule has 0 aliphatic heterocycles. The summed E-state index contributed by atoms with van der Waals surface area (Å²) < 4.78 is 5.58. The van der Waals surface area contributed by atoms with Crippen LogP contribution in [0.3, 0.4) is 0 Å². The molecule has 0 spiro atoms. The fourth-order valence-corrected chi connectivity index (χ4v) is 2.30. The lowest BCUT2D eigenvalue weighted by Gasteiger charge is -2.16. The first kappa shape index (κ1) is 14.9. The number of aryl methyl sites for hydroxylation is 1. The molecular formula is C17H20ClNO. The van der Waals surface area contributed by atoms with Crippen LogP contribution in [0.2, 0.25) is 5.02 Å². The van der Waals surface area contributed by atoms with Gasteiger partial charge in [-0.1, -0.05) is 36.7 Å². The molecule has 0 aromatic heterocycles.